The predicted molar refractivity (Wildman–Crippen MR) is 80.3 cm³/mol. The minimum absolute atomic E-state index is 0.835. The van der Waals surface area contributed by atoms with E-state index in [1.54, 1.807) is 0 Å². The Hall–Kier alpha value is -1.87. The van der Waals surface area contributed by atoms with Crippen LogP contribution in [-0.4, -0.2) is 19.1 Å². The summed E-state index contributed by atoms with van der Waals surface area (Å²) in [5.41, 5.74) is 3.88. The van der Waals surface area contributed by atoms with Gasteiger partial charge in [0.15, 0.2) is 0 Å². The van der Waals surface area contributed by atoms with Gasteiger partial charge in [-0.3, -0.25) is 0 Å². The number of aromatic nitrogens is 1. The molecule has 1 heterocycles. The first-order valence-electron chi connectivity index (χ1n) is 6.56. The van der Waals surface area contributed by atoms with E-state index in [1.807, 2.05) is 19.3 Å². The van der Waals surface area contributed by atoms with Gasteiger partial charge >= 0.3 is 0 Å². The van der Waals surface area contributed by atoms with Gasteiger partial charge in [-0.25, -0.2) is 4.98 Å². The Kier molecular flexibility index (Phi) is 4.53. The summed E-state index contributed by atoms with van der Waals surface area (Å²) in [6, 6.07) is 12.6. The maximum Gasteiger partial charge on any atom is 0.133 e. The molecule has 3 nitrogen and oxygen atoms in total. The van der Waals surface area contributed by atoms with Crippen LogP contribution in [-0.2, 0) is 13.1 Å². The van der Waals surface area contributed by atoms with E-state index in [-0.39, 0.29) is 0 Å². The summed E-state index contributed by atoms with van der Waals surface area (Å²) in [4.78, 5) is 6.71. The van der Waals surface area contributed by atoms with Crippen molar-refractivity contribution in [2.24, 2.45) is 0 Å². The van der Waals surface area contributed by atoms with Crippen molar-refractivity contribution in [3.05, 3.63) is 59.3 Å². The number of aryl methyl sites for hydroxylation is 1. The van der Waals surface area contributed by atoms with Crippen LogP contribution < -0.4 is 10.2 Å². The highest BCUT2D eigenvalue weighted by atomic mass is 15.2. The lowest BCUT2D eigenvalue weighted by Crippen LogP contribution is -2.21. The first-order valence-corrected chi connectivity index (χ1v) is 6.56. The average Bonchev–Trinajstić information content (AvgIpc) is 2.42. The fourth-order valence-electron chi connectivity index (χ4n) is 2.22. The van der Waals surface area contributed by atoms with Crippen LogP contribution in [0.2, 0.25) is 0 Å². The van der Waals surface area contributed by atoms with E-state index in [9.17, 15) is 0 Å². The molecule has 0 bridgehead atoms. The summed E-state index contributed by atoms with van der Waals surface area (Å²) in [5, 5.41) is 3.19. The molecule has 2 rings (SSSR count). The third-order valence-electron chi connectivity index (χ3n) is 3.27. The van der Waals surface area contributed by atoms with Gasteiger partial charge in [-0.05, 0) is 31.2 Å². The van der Waals surface area contributed by atoms with Crippen LogP contribution >= 0.6 is 0 Å². The van der Waals surface area contributed by atoms with E-state index in [0.29, 0.717) is 0 Å². The van der Waals surface area contributed by atoms with Crippen molar-refractivity contribution in [3.63, 3.8) is 0 Å². The van der Waals surface area contributed by atoms with Gasteiger partial charge in [-0.1, -0.05) is 30.3 Å². The first-order chi connectivity index (χ1) is 9.22. The van der Waals surface area contributed by atoms with Gasteiger partial charge in [0, 0.05) is 31.9 Å². The van der Waals surface area contributed by atoms with Crippen molar-refractivity contribution >= 4 is 5.82 Å². The molecule has 0 aliphatic rings. The minimum atomic E-state index is 0.835. The lowest BCUT2D eigenvalue weighted by Gasteiger charge is -2.22. The smallest absolute Gasteiger partial charge is 0.133 e. The number of nitrogens with zero attached hydrogens (tertiary/aromatic N) is 2. The zero-order valence-corrected chi connectivity index (χ0v) is 11.9. The van der Waals surface area contributed by atoms with E-state index in [0.717, 1.165) is 18.9 Å². The first kappa shape index (κ1) is 13.6. The largest absolute Gasteiger partial charge is 0.355 e. The lowest BCUT2D eigenvalue weighted by atomic mass is 10.1. The maximum absolute atomic E-state index is 4.51. The van der Waals surface area contributed by atoms with Gasteiger partial charge in [-0.15, -0.1) is 0 Å². The van der Waals surface area contributed by atoms with Crippen molar-refractivity contribution in [2.75, 3.05) is 19.0 Å². The zero-order valence-electron chi connectivity index (χ0n) is 11.9. The lowest BCUT2D eigenvalue weighted by molar-refractivity contribution is 0.794. The Balaban J connectivity index is 2.20. The summed E-state index contributed by atoms with van der Waals surface area (Å²) >= 11 is 0. The Morgan fingerprint density at radius 2 is 1.84 bits per heavy atom. The molecule has 100 valence electrons. The van der Waals surface area contributed by atoms with Crippen LogP contribution in [0.4, 0.5) is 5.82 Å². The molecule has 1 N–H and O–H groups in total. The van der Waals surface area contributed by atoms with Crippen LogP contribution in [0, 0.1) is 6.92 Å². The normalized spacial score (nSPS) is 10.5. The molecule has 0 atom stereocenters. The number of hydrogen-bond donors (Lipinski definition) is 1. The van der Waals surface area contributed by atoms with Crippen LogP contribution in [0.25, 0.3) is 0 Å². The third-order valence-corrected chi connectivity index (χ3v) is 3.27. The molecule has 0 fully saturated rings. The standard InChI is InChI=1S/C16H21N3/c1-13-7-4-5-8-15(13)12-19(3)16-14(11-17-2)9-6-10-18-16/h4-10,17H,11-12H2,1-3H3. The molecule has 0 amide bonds. The molecule has 2 aromatic rings. The Morgan fingerprint density at radius 3 is 2.58 bits per heavy atom. The summed E-state index contributed by atoms with van der Waals surface area (Å²) in [6.45, 7) is 3.86. The molecule has 1 aromatic heterocycles. The highest BCUT2D eigenvalue weighted by Gasteiger charge is 2.09. The number of anilines is 1. The fraction of sp³-hybridized carbons (Fsp3) is 0.312. The second-order valence-electron chi connectivity index (χ2n) is 4.80. The molecule has 0 radical (unpaired) electrons. The molecule has 0 aliphatic carbocycles. The van der Waals surface area contributed by atoms with Gasteiger partial charge in [0.05, 0.1) is 0 Å². The van der Waals surface area contributed by atoms with Gasteiger partial charge in [0.25, 0.3) is 0 Å². The van der Waals surface area contributed by atoms with Gasteiger partial charge in [0.1, 0.15) is 5.82 Å². The summed E-state index contributed by atoms with van der Waals surface area (Å²) in [5.74, 6) is 1.04. The molecule has 0 saturated carbocycles. The van der Waals surface area contributed by atoms with Gasteiger partial charge in [0.2, 0.25) is 0 Å². The number of pyridine rings is 1. The van der Waals surface area contributed by atoms with Crippen molar-refractivity contribution in [3.8, 4) is 0 Å². The SMILES string of the molecule is CNCc1cccnc1N(C)Cc1ccccc1C. The number of benzene rings is 1. The highest BCUT2D eigenvalue weighted by Crippen LogP contribution is 2.19. The molecule has 19 heavy (non-hydrogen) atoms. The van der Waals surface area contributed by atoms with E-state index in [4.69, 9.17) is 0 Å². The Labute approximate surface area is 115 Å². The van der Waals surface area contributed by atoms with E-state index in [2.05, 4.69) is 59.5 Å². The minimum Gasteiger partial charge on any atom is -0.355 e. The van der Waals surface area contributed by atoms with Crippen molar-refractivity contribution < 1.29 is 0 Å². The Bertz CT molecular complexity index is 537. The Morgan fingerprint density at radius 1 is 1.11 bits per heavy atom. The van der Waals surface area contributed by atoms with Crippen molar-refractivity contribution in [2.45, 2.75) is 20.0 Å². The molecule has 0 spiro atoms. The van der Waals surface area contributed by atoms with Crippen LogP contribution in [0.3, 0.4) is 0 Å². The van der Waals surface area contributed by atoms with Crippen molar-refractivity contribution in [1.29, 1.82) is 0 Å². The number of rotatable bonds is 5. The predicted octanol–water partition coefficient (Wildman–Crippen LogP) is 2.75. The summed E-state index contributed by atoms with van der Waals surface area (Å²) < 4.78 is 0. The van der Waals surface area contributed by atoms with E-state index in [1.165, 1.54) is 16.7 Å². The molecule has 0 aliphatic heterocycles. The van der Waals surface area contributed by atoms with Crippen LogP contribution in [0.15, 0.2) is 42.6 Å². The molecule has 0 saturated heterocycles. The summed E-state index contributed by atoms with van der Waals surface area (Å²) in [6.07, 6.45) is 1.85. The fourth-order valence-corrected chi connectivity index (χ4v) is 2.22. The molecular weight excluding hydrogens is 234 g/mol. The molecule has 3 heteroatoms. The summed E-state index contributed by atoms with van der Waals surface area (Å²) in [7, 11) is 4.05. The van der Waals surface area contributed by atoms with Gasteiger partial charge in [-0.2, -0.15) is 0 Å². The van der Waals surface area contributed by atoms with E-state index < -0.39 is 0 Å². The number of hydrogen-bond acceptors (Lipinski definition) is 3. The van der Waals surface area contributed by atoms with Crippen LogP contribution in [0.1, 0.15) is 16.7 Å². The zero-order chi connectivity index (χ0) is 13.7. The molecular formula is C16H21N3. The molecule has 0 unspecified atom stereocenters. The average molecular weight is 255 g/mol. The molecule has 1 aromatic carbocycles. The third kappa shape index (κ3) is 3.32. The van der Waals surface area contributed by atoms with Crippen LogP contribution in [0.5, 0.6) is 0 Å². The monoisotopic (exact) mass is 255 g/mol. The maximum atomic E-state index is 4.51. The second-order valence-corrected chi connectivity index (χ2v) is 4.80. The number of nitrogens with one attached hydrogen (secondary N) is 1. The van der Waals surface area contributed by atoms with Crippen molar-refractivity contribution in [1.82, 2.24) is 10.3 Å². The highest BCUT2D eigenvalue weighted by molar-refractivity contribution is 5.47. The topological polar surface area (TPSA) is 28.2 Å². The second kappa shape index (κ2) is 6.34. The quantitative estimate of drug-likeness (QED) is 0.890. The van der Waals surface area contributed by atoms with E-state index >= 15 is 0 Å². The van der Waals surface area contributed by atoms with Gasteiger partial charge < -0.3 is 10.2 Å².